The average Bonchev–Trinajstić information content (AvgIpc) is 2.87. The van der Waals surface area contributed by atoms with Crippen LogP contribution in [0.25, 0.3) is 0 Å². The molecule has 1 atom stereocenters. The number of amides is 1. The summed E-state index contributed by atoms with van der Waals surface area (Å²) in [6, 6.07) is 0. The zero-order valence-corrected chi connectivity index (χ0v) is 11.8. The van der Waals surface area contributed by atoms with Gasteiger partial charge in [0.2, 0.25) is 5.91 Å². The van der Waals surface area contributed by atoms with Crippen LogP contribution < -0.4 is 5.32 Å². The molecule has 18 heavy (non-hydrogen) atoms. The molecule has 1 rings (SSSR count). The quantitative estimate of drug-likeness (QED) is 0.665. The van der Waals surface area contributed by atoms with E-state index in [1.165, 1.54) is 25.7 Å². The maximum atomic E-state index is 11.7. The van der Waals surface area contributed by atoms with Crippen LogP contribution in [-0.2, 0) is 4.79 Å². The summed E-state index contributed by atoms with van der Waals surface area (Å²) in [4.78, 5) is 11.7. The average molecular weight is 255 g/mol. The summed E-state index contributed by atoms with van der Waals surface area (Å²) in [6.07, 6.45) is 10.1. The summed E-state index contributed by atoms with van der Waals surface area (Å²) < 4.78 is 0. The molecule has 0 heterocycles. The van der Waals surface area contributed by atoms with Gasteiger partial charge in [-0.25, -0.2) is 0 Å². The third kappa shape index (κ3) is 6.39. The summed E-state index contributed by atoms with van der Waals surface area (Å²) in [5.41, 5.74) is 0. The van der Waals surface area contributed by atoms with E-state index >= 15 is 0 Å². The number of rotatable bonds is 9. The van der Waals surface area contributed by atoms with Crippen molar-refractivity contribution in [3.05, 3.63) is 0 Å². The molecular formula is C15H29NO2. The zero-order valence-electron chi connectivity index (χ0n) is 11.8. The van der Waals surface area contributed by atoms with Crippen molar-refractivity contribution in [2.45, 2.75) is 64.7 Å². The van der Waals surface area contributed by atoms with Crippen molar-refractivity contribution in [3.63, 3.8) is 0 Å². The first kappa shape index (κ1) is 15.5. The highest BCUT2D eigenvalue weighted by Crippen LogP contribution is 2.28. The molecule has 2 N–H and O–H groups in total. The zero-order chi connectivity index (χ0) is 13.2. The van der Waals surface area contributed by atoms with Gasteiger partial charge < -0.3 is 10.4 Å². The Labute approximate surface area is 111 Å². The maximum absolute atomic E-state index is 11.7. The van der Waals surface area contributed by atoms with Crippen molar-refractivity contribution in [1.29, 1.82) is 0 Å². The topological polar surface area (TPSA) is 49.3 Å². The van der Waals surface area contributed by atoms with Crippen molar-refractivity contribution in [2.75, 3.05) is 13.2 Å². The van der Waals surface area contributed by atoms with Crippen molar-refractivity contribution >= 4 is 5.91 Å². The van der Waals surface area contributed by atoms with Gasteiger partial charge in [0.15, 0.2) is 0 Å². The molecule has 1 unspecified atom stereocenters. The van der Waals surface area contributed by atoms with Crippen LogP contribution in [0.15, 0.2) is 0 Å². The van der Waals surface area contributed by atoms with Gasteiger partial charge in [0.05, 0.1) is 0 Å². The molecule has 1 aliphatic carbocycles. The first-order chi connectivity index (χ1) is 8.76. The third-order valence-corrected chi connectivity index (χ3v) is 4.08. The number of hydrogen-bond donors (Lipinski definition) is 2. The lowest BCUT2D eigenvalue weighted by Crippen LogP contribution is -2.29. The molecule has 0 aromatic heterocycles. The van der Waals surface area contributed by atoms with Crippen LogP contribution in [-0.4, -0.2) is 24.2 Å². The molecule has 0 saturated heterocycles. The van der Waals surface area contributed by atoms with E-state index in [-0.39, 0.29) is 12.5 Å². The van der Waals surface area contributed by atoms with Crippen molar-refractivity contribution in [1.82, 2.24) is 5.32 Å². The monoisotopic (exact) mass is 255 g/mol. The van der Waals surface area contributed by atoms with Gasteiger partial charge in [0.1, 0.15) is 0 Å². The molecule has 1 fully saturated rings. The van der Waals surface area contributed by atoms with Crippen LogP contribution in [0.4, 0.5) is 0 Å². The molecule has 0 aliphatic heterocycles. The highest BCUT2D eigenvalue weighted by atomic mass is 16.3. The van der Waals surface area contributed by atoms with E-state index in [0.29, 0.717) is 12.3 Å². The summed E-state index contributed by atoms with van der Waals surface area (Å²) >= 11 is 0. The Morgan fingerprint density at radius 1 is 1.33 bits per heavy atom. The summed E-state index contributed by atoms with van der Waals surface area (Å²) in [5.74, 6) is 1.43. The number of hydrogen-bond acceptors (Lipinski definition) is 2. The first-order valence-electron chi connectivity index (χ1n) is 7.63. The SMILES string of the molecule is CCCC(CCO)CNC(=O)CCC1CCCC1. The number of carbonyl (C=O) groups is 1. The Morgan fingerprint density at radius 2 is 2.06 bits per heavy atom. The number of aliphatic hydroxyl groups is 1. The van der Waals surface area contributed by atoms with Gasteiger partial charge in [-0.3, -0.25) is 4.79 Å². The third-order valence-electron chi connectivity index (χ3n) is 4.08. The Balaban J connectivity index is 2.10. The predicted molar refractivity (Wildman–Crippen MR) is 74.3 cm³/mol. The van der Waals surface area contributed by atoms with Crippen LogP contribution in [0.2, 0.25) is 0 Å². The van der Waals surface area contributed by atoms with E-state index in [9.17, 15) is 4.79 Å². The highest BCUT2D eigenvalue weighted by Gasteiger charge is 2.16. The second kappa shape index (κ2) is 9.37. The van der Waals surface area contributed by atoms with Crippen molar-refractivity contribution < 1.29 is 9.90 Å². The van der Waals surface area contributed by atoms with E-state index in [2.05, 4.69) is 12.2 Å². The Bertz CT molecular complexity index is 219. The van der Waals surface area contributed by atoms with E-state index in [1.54, 1.807) is 0 Å². The molecule has 0 aromatic carbocycles. The van der Waals surface area contributed by atoms with Gasteiger partial charge in [-0.1, -0.05) is 39.0 Å². The minimum atomic E-state index is 0.195. The Hall–Kier alpha value is -0.570. The fourth-order valence-electron chi connectivity index (χ4n) is 2.92. The van der Waals surface area contributed by atoms with Crippen LogP contribution in [0.3, 0.4) is 0 Å². The minimum absolute atomic E-state index is 0.195. The molecule has 1 saturated carbocycles. The fourth-order valence-corrected chi connectivity index (χ4v) is 2.92. The molecule has 0 radical (unpaired) electrons. The van der Waals surface area contributed by atoms with Gasteiger partial charge in [-0.15, -0.1) is 0 Å². The summed E-state index contributed by atoms with van der Waals surface area (Å²) in [7, 11) is 0. The second-order valence-electron chi connectivity index (χ2n) is 5.66. The van der Waals surface area contributed by atoms with Crippen LogP contribution in [0, 0.1) is 11.8 Å². The van der Waals surface area contributed by atoms with Crippen molar-refractivity contribution in [2.24, 2.45) is 11.8 Å². The predicted octanol–water partition coefficient (Wildman–Crippen LogP) is 2.87. The maximum Gasteiger partial charge on any atom is 0.220 e. The van der Waals surface area contributed by atoms with Gasteiger partial charge in [-0.2, -0.15) is 0 Å². The van der Waals surface area contributed by atoms with Gasteiger partial charge in [-0.05, 0) is 31.1 Å². The Kier molecular flexibility index (Phi) is 8.06. The van der Waals surface area contributed by atoms with E-state index in [0.717, 1.165) is 38.1 Å². The van der Waals surface area contributed by atoms with Crippen LogP contribution >= 0.6 is 0 Å². The number of carbonyl (C=O) groups excluding carboxylic acids is 1. The lowest BCUT2D eigenvalue weighted by atomic mass is 9.99. The number of nitrogens with one attached hydrogen (secondary N) is 1. The van der Waals surface area contributed by atoms with Crippen LogP contribution in [0.5, 0.6) is 0 Å². The number of aliphatic hydroxyl groups excluding tert-OH is 1. The van der Waals surface area contributed by atoms with Crippen molar-refractivity contribution in [3.8, 4) is 0 Å². The van der Waals surface area contributed by atoms with E-state index < -0.39 is 0 Å². The molecule has 1 aliphatic rings. The largest absolute Gasteiger partial charge is 0.396 e. The molecule has 106 valence electrons. The highest BCUT2D eigenvalue weighted by molar-refractivity contribution is 5.75. The molecule has 1 amide bonds. The molecule has 0 aromatic rings. The smallest absolute Gasteiger partial charge is 0.220 e. The first-order valence-corrected chi connectivity index (χ1v) is 7.63. The molecular weight excluding hydrogens is 226 g/mol. The van der Waals surface area contributed by atoms with Gasteiger partial charge in [0.25, 0.3) is 0 Å². The molecule has 0 bridgehead atoms. The minimum Gasteiger partial charge on any atom is -0.396 e. The Morgan fingerprint density at radius 3 is 2.67 bits per heavy atom. The molecule has 0 spiro atoms. The lowest BCUT2D eigenvalue weighted by molar-refractivity contribution is -0.121. The van der Waals surface area contributed by atoms with E-state index in [1.807, 2.05) is 0 Å². The lowest BCUT2D eigenvalue weighted by Gasteiger charge is -2.16. The molecule has 3 nitrogen and oxygen atoms in total. The van der Waals surface area contributed by atoms with Crippen LogP contribution in [0.1, 0.15) is 64.7 Å². The van der Waals surface area contributed by atoms with E-state index in [4.69, 9.17) is 5.11 Å². The normalized spacial score (nSPS) is 17.9. The summed E-state index contributed by atoms with van der Waals surface area (Å²) in [5, 5.41) is 12.0. The molecule has 3 heteroatoms. The van der Waals surface area contributed by atoms with Gasteiger partial charge >= 0.3 is 0 Å². The summed E-state index contributed by atoms with van der Waals surface area (Å²) in [6.45, 7) is 3.10. The van der Waals surface area contributed by atoms with Gasteiger partial charge in [0, 0.05) is 19.6 Å². The second-order valence-corrected chi connectivity index (χ2v) is 5.66. The fraction of sp³-hybridized carbons (Fsp3) is 0.933. The standard InChI is InChI=1S/C15H29NO2/c1-2-5-14(10-11-17)12-16-15(18)9-8-13-6-3-4-7-13/h13-14,17H,2-12H2,1H3,(H,16,18).